The van der Waals surface area contributed by atoms with Gasteiger partial charge in [0.2, 0.25) is 0 Å². The highest BCUT2D eigenvalue weighted by Gasteiger charge is 2.27. The van der Waals surface area contributed by atoms with Crippen LogP contribution >= 0.6 is 11.3 Å². The first-order chi connectivity index (χ1) is 10.1. The Balaban J connectivity index is 1.92. The van der Waals surface area contributed by atoms with Crippen molar-refractivity contribution in [3.05, 3.63) is 46.3 Å². The van der Waals surface area contributed by atoms with Crippen LogP contribution in [0.4, 0.5) is 10.7 Å². The Labute approximate surface area is 129 Å². The van der Waals surface area contributed by atoms with Crippen molar-refractivity contribution in [2.24, 2.45) is 5.92 Å². The second-order valence-electron chi connectivity index (χ2n) is 5.77. The molecule has 0 amide bonds. The molecule has 0 bridgehead atoms. The molecule has 3 nitrogen and oxygen atoms in total. The lowest BCUT2D eigenvalue weighted by Gasteiger charge is -2.29. The Kier molecular flexibility index (Phi) is 3.72. The van der Waals surface area contributed by atoms with Crippen molar-refractivity contribution in [1.82, 2.24) is 0 Å². The zero-order valence-corrected chi connectivity index (χ0v) is 13.2. The number of carbonyl (C=O) groups is 1. The Morgan fingerprint density at radius 2 is 2.00 bits per heavy atom. The molecule has 110 valence electrons. The minimum absolute atomic E-state index is 0.00171. The molecule has 21 heavy (non-hydrogen) atoms. The zero-order valence-electron chi connectivity index (χ0n) is 12.4. The number of hydrogen-bond acceptors (Lipinski definition) is 4. The highest BCUT2D eigenvalue weighted by atomic mass is 32.1. The number of nitrogens with zero attached hydrogens (tertiary/aromatic N) is 1. The van der Waals surface area contributed by atoms with E-state index in [4.69, 9.17) is 5.73 Å². The summed E-state index contributed by atoms with van der Waals surface area (Å²) in [7, 11) is 0. The van der Waals surface area contributed by atoms with E-state index in [0.717, 1.165) is 25.1 Å². The number of ketones is 1. The number of benzene rings is 1. The fourth-order valence-electron chi connectivity index (χ4n) is 2.84. The second-order valence-corrected chi connectivity index (χ2v) is 6.91. The summed E-state index contributed by atoms with van der Waals surface area (Å²) < 4.78 is 0. The summed E-state index contributed by atoms with van der Waals surface area (Å²) in [6, 6.07) is 10.4. The van der Waals surface area contributed by atoms with E-state index < -0.39 is 0 Å². The number of anilines is 2. The van der Waals surface area contributed by atoms with Crippen LogP contribution in [-0.4, -0.2) is 12.3 Å². The van der Waals surface area contributed by atoms with Gasteiger partial charge in [0, 0.05) is 23.0 Å². The molecule has 2 heterocycles. The second kappa shape index (κ2) is 5.53. The van der Waals surface area contributed by atoms with Crippen molar-refractivity contribution in [1.29, 1.82) is 0 Å². The third kappa shape index (κ3) is 2.56. The molecule has 1 aliphatic rings. The fourth-order valence-corrected chi connectivity index (χ4v) is 3.98. The van der Waals surface area contributed by atoms with E-state index in [2.05, 4.69) is 29.2 Å². The molecule has 0 radical (unpaired) electrons. The van der Waals surface area contributed by atoms with Gasteiger partial charge in [-0.1, -0.05) is 32.0 Å². The van der Waals surface area contributed by atoms with E-state index in [1.807, 2.05) is 19.9 Å². The molecular formula is C17H20N2OS. The van der Waals surface area contributed by atoms with Gasteiger partial charge in [-0.3, -0.25) is 4.79 Å². The summed E-state index contributed by atoms with van der Waals surface area (Å²) in [6.07, 6.45) is 0.895. The number of Topliss-reactive ketones (excluding diaryl/α,β-unsaturated/α-hetero) is 1. The number of nitrogens with two attached hydrogens (primary N) is 1. The van der Waals surface area contributed by atoms with Crippen LogP contribution in [-0.2, 0) is 13.0 Å². The van der Waals surface area contributed by atoms with Crippen LogP contribution in [0.5, 0.6) is 0 Å². The number of fused-ring (bicyclic) bond motifs is 1. The zero-order chi connectivity index (χ0) is 15.0. The lowest BCUT2D eigenvalue weighted by atomic mass is 9.94. The standard InChI is InChI=1S/C17H20N2OS/c1-11(2)16(20)15-13-8-9-19(10-14(13)21-17(15)18)12-6-4-3-5-7-12/h3-7,11H,8-10,18H2,1-2H3. The lowest BCUT2D eigenvalue weighted by Crippen LogP contribution is -2.30. The topological polar surface area (TPSA) is 46.3 Å². The minimum Gasteiger partial charge on any atom is -0.390 e. The van der Waals surface area contributed by atoms with E-state index in [-0.39, 0.29) is 11.7 Å². The van der Waals surface area contributed by atoms with Crippen molar-refractivity contribution in [2.75, 3.05) is 17.2 Å². The van der Waals surface area contributed by atoms with Crippen molar-refractivity contribution >= 4 is 27.8 Å². The summed E-state index contributed by atoms with van der Waals surface area (Å²) in [6.45, 7) is 5.65. The van der Waals surface area contributed by atoms with E-state index in [0.29, 0.717) is 5.00 Å². The molecule has 0 saturated carbocycles. The summed E-state index contributed by atoms with van der Waals surface area (Å²) in [5.74, 6) is 0.177. The molecule has 1 aromatic heterocycles. The molecule has 3 rings (SSSR count). The van der Waals surface area contributed by atoms with Gasteiger partial charge in [-0.25, -0.2) is 0 Å². The van der Waals surface area contributed by atoms with Crippen LogP contribution in [0, 0.1) is 5.92 Å². The fraction of sp³-hybridized carbons (Fsp3) is 0.353. The van der Waals surface area contributed by atoms with E-state index >= 15 is 0 Å². The smallest absolute Gasteiger partial charge is 0.168 e. The van der Waals surface area contributed by atoms with E-state index in [1.54, 1.807) is 11.3 Å². The molecule has 1 aromatic carbocycles. The highest BCUT2D eigenvalue weighted by Crippen LogP contribution is 2.37. The predicted octanol–water partition coefficient (Wildman–Crippen LogP) is 3.73. The van der Waals surface area contributed by atoms with Crippen LogP contribution in [0.2, 0.25) is 0 Å². The largest absolute Gasteiger partial charge is 0.390 e. The Bertz CT molecular complexity index is 661. The number of para-hydroxylation sites is 1. The summed E-state index contributed by atoms with van der Waals surface area (Å²) >= 11 is 1.58. The Morgan fingerprint density at radius 3 is 2.67 bits per heavy atom. The molecule has 0 unspecified atom stereocenters. The van der Waals surface area contributed by atoms with E-state index in [9.17, 15) is 4.79 Å². The van der Waals surface area contributed by atoms with Gasteiger partial charge in [0.1, 0.15) is 0 Å². The van der Waals surface area contributed by atoms with Crippen LogP contribution in [0.3, 0.4) is 0 Å². The monoisotopic (exact) mass is 300 g/mol. The first kappa shape index (κ1) is 14.1. The van der Waals surface area contributed by atoms with Gasteiger partial charge in [0.25, 0.3) is 0 Å². The quantitative estimate of drug-likeness (QED) is 0.879. The van der Waals surface area contributed by atoms with Gasteiger partial charge < -0.3 is 10.6 Å². The van der Waals surface area contributed by atoms with Gasteiger partial charge in [-0.05, 0) is 24.1 Å². The number of carbonyl (C=O) groups excluding carboxylic acids is 1. The van der Waals surface area contributed by atoms with Crippen molar-refractivity contribution in [3.63, 3.8) is 0 Å². The third-order valence-corrected chi connectivity index (χ3v) is 5.02. The molecule has 0 atom stereocenters. The van der Waals surface area contributed by atoms with Crippen LogP contribution in [0.25, 0.3) is 0 Å². The van der Waals surface area contributed by atoms with Crippen LogP contribution < -0.4 is 10.6 Å². The maximum absolute atomic E-state index is 12.4. The maximum atomic E-state index is 12.4. The molecule has 0 spiro atoms. The molecule has 4 heteroatoms. The SMILES string of the molecule is CC(C)C(=O)c1c(N)sc2c1CCN(c1ccccc1)C2. The summed E-state index contributed by atoms with van der Waals surface area (Å²) in [5, 5.41) is 0.689. The minimum atomic E-state index is -0.00171. The molecule has 0 aliphatic carbocycles. The average Bonchev–Trinajstić information content (AvgIpc) is 2.82. The molecule has 0 saturated heterocycles. The summed E-state index contributed by atoms with van der Waals surface area (Å²) in [4.78, 5) is 16.0. The number of nitrogen functional groups attached to an aromatic ring is 1. The number of rotatable bonds is 3. The number of thiophene rings is 1. The summed E-state index contributed by atoms with van der Waals surface area (Å²) in [5.41, 5.74) is 9.32. The van der Waals surface area contributed by atoms with Crippen molar-refractivity contribution in [2.45, 2.75) is 26.8 Å². The van der Waals surface area contributed by atoms with Gasteiger partial charge in [-0.2, -0.15) is 0 Å². The molecule has 0 fully saturated rings. The van der Waals surface area contributed by atoms with Crippen molar-refractivity contribution in [3.8, 4) is 0 Å². The first-order valence-electron chi connectivity index (χ1n) is 7.32. The van der Waals surface area contributed by atoms with Gasteiger partial charge in [0.05, 0.1) is 17.1 Å². The van der Waals surface area contributed by atoms with Crippen molar-refractivity contribution < 1.29 is 4.79 Å². The molecule has 2 aromatic rings. The molecular weight excluding hydrogens is 280 g/mol. The molecule has 1 aliphatic heterocycles. The molecule has 2 N–H and O–H groups in total. The first-order valence-corrected chi connectivity index (χ1v) is 8.13. The van der Waals surface area contributed by atoms with E-state index in [1.165, 1.54) is 16.1 Å². The highest BCUT2D eigenvalue weighted by molar-refractivity contribution is 7.16. The van der Waals surface area contributed by atoms with Gasteiger partial charge in [-0.15, -0.1) is 11.3 Å². The van der Waals surface area contributed by atoms with Gasteiger partial charge >= 0.3 is 0 Å². The number of hydrogen-bond donors (Lipinski definition) is 1. The normalized spacial score (nSPS) is 14.3. The predicted molar refractivity (Wildman–Crippen MR) is 89.1 cm³/mol. The maximum Gasteiger partial charge on any atom is 0.168 e. The van der Waals surface area contributed by atoms with Crippen LogP contribution in [0.1, 0.15) is 34.6 Å². The Morgan fingerprint density at radius 1 is 1.29 bits per heavy atom. The third-order valence-electron chi connectivity index (χ3n) is 3.98. The average molecular weight is 300 g/mol. The van der Waals surface area contributed by atoms with Crippen LogP contribution in [0.15, 0.2) is 30.3 Å². The van der Waals surface area contributed by atoms with Gasteiger partial charge in [0.15, 0.2) is 5.78 Å². The lowest BCUT2D eigenvalue weighted by molar-refractivity contribution is 0.0939. The Hall–Kier alpha value is -1.81.